The Morgan fingerprint density at radius 3 is 3.00 bits per heavy atom. The van der Waals surface area contributed by atoms with Crippen molar-refractivity contribution in [1.29, 1.82) is 0 Å². The van der Waals surface area contributed by atoms with Gasteiger partial charge in [-0.25, -0.2) is 0 Å². The van der Waals surface area contributed by atoms with Crippen molar-refractivity contribution >= 4 is 5.97 Å². The van der Waals surface area contributed by atoms with Gasteiger partial charge in [-0.05, 0) is 24.1 Å². The molecule has 0 fully saturated rings. The average molecular weight is 260 g/mol. The smallest absolute Gasteiger partial charge is 0.327 e. The third-order valence-corrected chi connectivity index (χ3v) is 2.67. The molecule has 1 N–H and O–H groups in total. The summed E-state index contributed by atoms with van der Waals surface area (Å²) >= 11 is 0. The number of esters is 1. The Bertz CT molecular complexity index is 563. The number of nitrogens with zero attached hydrogens (tertiary/aromatic N) is 2. The van der Waals surface area contributed by atoms with E-state index < -0.39 is 0 Å². The minimum Gasteiger partial charge on any atom is -0.465 e. The number of ether oxygens (including phenoxy) is 1. The van der Waals surface area contributed by atoms with Crippen LogP contribution in [0.3, 0.4) is 0 Å². The van der Waals surface area contributed by atoms with Gasteiger partial charge in [0.05, 0.1) is 19.4 Å². The lowest BCUT2D eigenvalue weighted by Gasteiger charge is -2.02. The maximum Gasteiger partial charge on any atom is 0.327 e. The molecule has 5 nitrogen and oxygen atoms in total. The molecule has 0 bridgehead atoms. The molecule has 19 heavy (non-hydrogen) atoms. The number of carbonyl (C=O) groups is 1. The number of hydrogen-bond acceptors (Lipinski definition) is 4. The molecule has 0 unspecified atom stereocenters. The topological polar surface area (TPSA) is 64.3 Å². The Hall–Kier alpha value is -2.14. The second-order valence-electron chi connectivity index (χ2n) is 4.09. The number of hydrogen-bond donors (Lipinski definition) is 1. The monoisotopic (exact) mass is 260 g/mol. The Labute approximate surface area is 111 Å². The fraction of sp³-hybridized carbons (Fsp3) is 0.286. The van der Waals surface area contributed by atoms with E-state index in [9.17, 15) is 4.79 Å². The molecule has 0 atom stereocenters. The summed E-state index contributed by atoms with van der Waals surface area (Å²) in [5.74, 6) is -0.304. The predicted molar refractivity (Wildman–Crippen MR) is 70.2 cm³/mol. The highest BCUT2D eigenvalue weighted by Gasteiger charge is 2.06. The highest BCUT2D eigenvalue weighted by molar-refractivity contribution is 5.69. The van der Waals surface area contributed by atoms with Gasteiger partial charge in [-0.1, -0.05) is 18.2 Å². The zero-order valence-corrected chi connectivity index (χ0v) is 10.7. The van der Waals surface area contributed by atoms with Crippen LogP contribution in [0.5, 0.6) is 0 Å². The number of carbonyl (C=O) groups excluding carboxylic acids is 1. The van der Waals surface area contributed by atoms with E-state index in [-0.39, 0.29) is 19.1 Å². The summed E-state index contributed by atoms with van der Waals surface area (Å²) < 4.78 is 6.41. The zero-order chi connectivity index (χ0) is 13.7. The summed E-state index contributed by atoms with van der Waals surface area (Å²) in [7, 11) is 0. The SMILES string of the molecule is CCOC(=O)Cn1cc(-c2cccc(CO)c2)cn1. The molecule has 100 valence electrons. The fourth-order valence-corrected chi connectivity index (χ4v) is 1.79. The molecule has 0 saturated heterocycles. The van der Waals surface area contributed by atoms with Gasteiger partial charge in [0.15, 0.2) is 0 Å². The molecular weight excluding hydrogens is 244 g/mol. The first-order valence-electron chi connectivity index (χ1n) is 6.11. The van der Waals surface area contributed by atoms with Gasteiger partial charge in [0.2, 0.25) is 0 Å². The third kappa shape index (κ3) is 3.42. The first kappa shape index (κ1) is 13.3. The van der Waals surface area contributed by atoms with Crippen molar-refractivity contribution in [2.24, 2.45) is 0 Å². The first-order chi connectivity index (χ1) is 9.22. The largest absolute Gasteiger partial charge is 0.465 e. The van der Waals surface area contributed by atoms with Crippen molar-refractivity contribution in [3.8, 4) is 11.1 Å². The first-order valence-corrected chi connectivity index (χ1v) is 6.11. The molecule has 0 aliphatic carbocycles. The van der Waals surface area contributed by atoms with Gasteiger partial charge in [-0.15, -0.1) is 0 Å². The third-order valence-electron chi connectivity index (χ3n) is 2.67. The molecule has 2 aromatic rings. The van der Waals surface area contributed by atoms with E-state index >= 15 is 0 Å². The molecule has 1 aromatic carbocycles. The number of aliphatic hydroxyl groups is 1. The van der Waals surface area contributed by atoms with Crippen molar-refractivity contribution in [3.63, 3.8) is 0 Å². The highest BCUT2D eigenvalue weighted by atomic mass is 16.5. The number of aliphatic hydroxyl groups excluding tert-OH is 1. The second-order valence-corrected chi connectivity index (χ2v) is 4.09. The summed E-state index contributed by atoms with van der Waals surface area (Å²) in [5, 5.41) is 13.2. The minimum atomic E-state index is -0.304. The van der Waals surface area contributed by atoms with Crippen molar-refractivity contribution in [1.82, 2.24) is 9.78 Å². The molecule has 1 heterocycles. The predicted octanol–water partition coefficient (Wildman–Crippen LogP) is 1.61. The molecule has 0 amide bonds. The van der Waals surface area contributed by atoms with Crippen molar-refractivity contribution in [2.75, 3.05) is 6.61 Å². The van der Waals surface area contributed by atoms with Crippen molar-refractivity contribution < 1.29 is 14.6 Å². The van der Waals surface area contributed by atoms with Gasteiger partial charge in [0, 0.05) is 11.8 Å². The molecule has 0 spiro atoms. The molecular formula is C14H16N2O3. The van der Waals surface area contributed by atoms with Crippen LogP contribution in [0, 0.1) is 0 Å². The number of aromatic nitrogens is 2. The fourth-order valence-electron chi connectivity index (χ4n) is 1.79. The van der Waals surface area contributed by atoms with Gasteiger partial charge in [-0.2, -0.15) is 5.10 Å². The van der Waals surface area contributed by atoms with Crippen LogP contribution in [0.4, 0.5) is 0 Å². The number of benzene rings is 1. The van der Waals surface area contributed by atoms with E-state index in [0.29, 0.717) is 6.61 Å². The standard InChI is InChI=1S/C14H16N2O3/c1-2-19-14(18)9-16-8-13(7-15-16)12-5-3-4-11(6-12)10-17/h3-8,17H,2,9-10H2,1H3. The lowest BCUT2D eigenvalue weighted by Crippen LogP contribution is -2.13. The van der Waals surface area contributed by atoms with Gasteiger partial charge in [-0.3, -0.25) is 9.48 Å². The lowest BCUT2D eigenvalue weighted by atomic mass is 10.1. The van der Waals surface area contributed by atoms with Crippen LogP contribution < -0.4 is 0 Å². The van der Waals surface area contributed by atoms with Crippen LogP contribution in [-0.4, -0.2) is 27.5 Å². The van der Waals surface area contributed by atoms with Gasteiger partial charge in [0.1, 0.15) is 6.54 Å². The summed E-state index contributed by atoms with van der Waals surface area (Å²) in [5.41, 5.74) is 2.71. The molecule has 0 aliphatic heterocycles. The van der Waals surface area contributed by atoms with Crippen molar-refractivity contribution in [2.45, 2.75) is 20.1 Å². The molecule has 5 heteroatoms. The highest BCUT2D eigenvalue weighted by Crippen LogP contribution is 2.19. The van der Waals surface area contributed by atoms with Gasteiger partial charge in [0.25, 0.3) is 0 Å². The van der Waals surface area contributed by atoms with E-state index in [1.165, 1.54) is 0 Å². The molecule has 0 radical (unpaired) electrons. The van der Waals surface area contributed by atoms with Crippen LogP contribution in [0.25, 0.3) is 11.1 Å². The summed E-state index contributed by atoms with van der Waals surface area (Å²) in [6, 6.07) is 7.56. The van der Waals surface area contributed by atoms with Crippen LogP contribution in [0.15, 0.2) is 36.7 Å². The summed E-state index contributed by atoms with van der Waals surface area (Å²) in [4.78, 5) is 11.3. The van der Waals surface area contributed by atoms with E-state index in [0.717, 1.165) is 16.7 Å². The lowest BCUT2D eigenvalue weighted by molar-refractivity contribution is -0.144. The molecule has 0 saturated carbocycles. The normalized spacial score (nSPS) is 10.4. The Morgan fingerprint density at radius 2 is 2.26 bits per heavy atom. The molecule has 2 rings (SSSR count). The molecule has 0 aliphatic rings. The van der Waals surface area contributed by atoms with Crippen molar-refractivity contribution in [3.05, 3.63) is 42.2 Å². The van der Waals surface area contributed by atoms with Crippen LogP contribution in [0.1, 0.15) is 12.5 Å². The van der Waals surface area contributed by atoms with Gasteiger partial charge < -0.3 is 9.84 Å². The number of rotatable bonds is 5. The van der Waals surface area contributed by atoms with E-state index in [2.05, 4.69) is 5.10 Å². The van der Waals surface area contributed by atoms with E-state index in [1.54, 1.807) is 24.0 Å². The Morgan fingerprint density at radius 1 is 1.42 bits per heavy atom. The molecule has 1 aromatic heterocycles. The van der Waals surface area contributed by atoms with Crippen LogP contribution in [-0.2, 0) is 22.7 Å². The van der Waals surface area contributed by atoms with Crippen LogP contribution >= 0.6 is 0 Å². The second kappa shape index (κ2) is 6.15. The summed E-state index contributed by atoms with van der Waals surface area (Å²) in [6.45, 7) is 2.25. The van der Waals surface area contributed by atoms with Gasteiger partial charge >= 0.3 is 5.97 Å². The van der Waals surface area contributed by atoms with E-state index in [4.69, 9.17) is 9.84 Å². The maximum absolute atomic E-state index is 11.3. The maximum atomic E-state index is 11.3. The Balaban J connectivity index is 2.13. The van der Waals surface area contributed by atoms with Crippen LogP contribution in [0.2, 0.25) is 0 Å². The van der Waals surface area contributed by atoms with E-state index in [1.807, 2.05) is 24.3 Å². The zero-order valence-electron chi connectivity index (χ0n) is 10.7. The Kier molecular flexibility index (Phi) is 4.30. The summed E-state index contributed by atoms with van der Waals surface area (Å²) in [6.07, 6.45) is 3.48. The average Bonchev–Trinajstić information content (AvgIpc) is 2.87. The quantitative estimate of drug-likeness (QED) is 0.829. The minimum absolute atomic E-state index is 0.00476.